The molecular weight excluding hydrogens is 258 g/mol. The summed E-state index contributed by atoms with van der Waals surface area (Å²) >= 11 is 0. The topological polar surface area (TPSA) is 60.8 Å². The van der Waals surface area contributed by atoms with Crippen LogP contribution in [0, 0.1) is 0 Å². The van der Waals surface area contributed by atoms with Gasteiger partial charge in [-0.2, -0.15) is 0 Å². The molecule has 1 aliphatic rings. The molecule has 1 aromatic heterocycles. The third-order valence-electron chi connectivity index (χ3n) is 3.76. The first-order valence-electron chi connectivity index (χ1n) is 6.46. The summed E-state index contributed by atoms with van der Waals surface area (Å²) in [6.45, 7) is 1.58. The number of aliphatic hydroxyl groups is 1. The van der Waals surface area contributed by atoms with Crippen LogP contribution in [0.15, 0.2) is 24.3 Å². The number of hydrogen-bond acceptors (Lipinski definition) is 5. The normalized spacial score (nSPS) is 20.3. The fourth-order valence-electron chi connectivity index (χ4n) is 2.50. The minimum Gasteiger partial charge on any atom is -0.496 e. The minimum atomic E-state index is -1.36. The van der Waals surface area contributed by atoms with E-state index in [0.29, 0.717) is 12.3 Å². The molecule has 0 fully saturated rings. The van der Waals surface area contributed by atoms with Gasteiger partial charge in [0, 0.05) is 18.9 Å². The Kier molecular flexibility index (Phi) is 3.03. The number of aromatic nitrogens is 1. The van der Waals surface area contributed by atoms with Crippen molar-refractivity contribution in [2.45, 2.75) is 25.2 Å². The zero-order valence-corrected chi connectivity index (χ0v) is 11.7. The maximum Gasteiger partial charge on any atom is 0.221 e. The highest BCUT2D eigenvalue weighted by Crippen LogP contribution is 2.41. The molecule has 0 saturated heterocycles. The van der Waals surface area contributed by atoms with Crippen LogP contribution in [-0.4, -0.2) is 36.2 Å². The molecule has 0 saturated carbocycles. The van der Waals surface area contributed by atoms with E-state index in [2.05, 4.69) is 4.98 Å². The minimum absolute atomic E-state index is 0.497. The maximum absolute atomic E-state index is 10.2. The van der Waals surface area contributed by atoms with Crippen LogP contribution in [0.25, 0.3) is 10.9 Å². The van der Waals surface area contributed by atoms with Crippen molar-refractivity contribution in [3.8, 4) is 11.6 Å². The number of pyridine rings is 1. The van der Waals surface area contributed by atoms with Gasteiger partial charge in [-0.15, -0.1) is 0 Å². The van der Waals surface area contributed by atoms with E-state index in [0.717, 1.165) is 22.2 Å². The molecule has 0 spiro atoms. The van der Waals surface area contributed by atoms with Crippen LogP contribution >= 0.6 is 0 Å². The molecule has 5 nitrogen and oxygen atoms in total. The highest BCUT2D eigenvalue weighted by molar-refractivity contribution is 5.87. The molecule has 2 aromatic rings. The predicted octanol–water partition coefficient (Wildman–Crippen LogP) is 1.90. The van der Waals surface area contributed by atoms with E-state index in [1.807, 2.05) is 24.3 Å². The lowest BCUT2D eigenvalue weighted by Gasteiger charge is -2.27. The average Bonchev–Trinajstić information content (AvgIpc) is 2.88. The molecule has 5 heteroatoms. The SMILES string of the molecule is COc1c2c(nc3ccccc13)OC(C(C)(O)OC)C2. The van der Waals surface area contributed by atoms with Crippen LogP contribution in [0.2, 0.25) is 0 Å². The van der Waals surface area contributed by atoms with Gasteiger partial charge in [-0.05, 0) is 19.1 Å². The molecule has 0 bridgehead atoms. The van der Waals surface area contributed by atoms with E-state index in [1.165, 1.54) is 7.11 Å². The second-order valence-corrected chi connectivity index (χ2v) is 5.02. The third-order valence-corrected chi connectivity index (χ3v) is 3.76. The van der Waals surface area contributed by atoms with Crippen molar-refractivity contribution in [2.75, 3.05) is 14.2 Å². The van der Waals surface area contributed by atoms with Gasteiger partial charge in [0.1, 0.15) is 5.75 Å². The lowest BCUT2D eigenvalue weighted by molar-refractivity contribution is -0.218. The molecule has 0 amide bonds. The lowest BCUT2D eigenvalue weighted by Crippen LogP contribution is -2.44. The van der Waals surface area contributed by atoms with Crippen molar-refractivity contribution in [3.63, 3.8) is 0 Å². The van der Waals surface area contributed by atoms with Gasteiger partial charge in [0.25, 0.3) is 0 Å². The number of rotatable bonds is 3. The zero-order valence-electron chi connectivity index (χ0n) is 11.7. The number of ether oxygens (including phenoxy) is 3. The first-order valence-corrected chi connectivity index (χ1v) is 6.46. The summed E-state index contributed by atoms with van der Waals surface area (Å²) in [4.78, 5) is 4.49. The highest BCUT2D eigenvalue weighted by atomic mass is 16.6. The summed E-state index contributed by atoms with van der Waals surface area (Å²) < 4.78 is 16.4. The second kappa shape index (κ2) is 4.61. The Bertz CT molecular complexity index is 654. The molecule has 1 aliphatic heterocycles. The molecule has 1 aromatic carbocycles. The van der Waals surface area contributed by atoms with Crippen LogP contribution in [0.5, 0.6) is 11.6 Å². The van der Waals surface area contributed by atoms with Gasteiger partial charge in [-0.25, -0.2) is 4.98 Å². The standard InChI is InChI=1S/C15H17NO4/c1-15(17,19-3)12-8-10-13(18-2)9-6-4-5-7-11(9)16-14(10)20-12/h4-7,12,17H,8H2,1-3H3. The van der Waals surface area contributed by atoms with E-state index in [9.17, 15) is 5.11 Å². The van der Waals surface area contributed by atoms with Gasteiger partial charge in [0.15, 0.2) is 6.10 Å². The predicted molar refractivity (Wildman–Crippen MR) is 74.0 cm³/mol. The molecule has 20 heavy (non-hydrogen) atoms. The maximum atomic E-state index is 10.2. The van der Waals surface area contributed by atoms with E-state index in [4.69, 9.17) is 14.2 Å². The summed E-state index contributed by atoms with van der Waals surface area (Å²) in [5.41, 5.74) is 1.68. The van der Waals surface area contributed by atoms with Crippen molar-refractivity contribution in [3.05, 3.63) is 29.8 Å². The number of para-hydroxylation sites is 1. The summed E-state index contributed by atoms with van der Waals surface area (Å²) in [6, 6.07) is 7.73. The van der Waals surface area contributed by atoms with Crippen LogP contribution in [0.4, 0.5) is 0 Å². The fraction of sp³-hybridized carbons (Fsp3) is 0.400. The van der Waals surface area contributed by atoms with Gasteiger partial charge in [-0.3, -0.25) is 0 Å². The van der Waals surface area contributed by atoms with Gasteiger partial charge in [-0.1, -0.05) is 12.1 Å². The third kappa shape index (κ3) is 1.90. The number of methoxy groups -OCH3 is 2. The van der Waals surface area contributed by atoms with Crippen LogP contribution < -0.4 is 9.47 Å². The smallest absolute Gasteiger partial charge is 0.221 e. The molecule has 2 atom stereocenters. The zero-order chi connectivity index (χ0) is 14.3. The monoisotopic (exact) mass is 275 g/mol. The Hall–Kier alpha value is -1.85. The summed E-state index contributed by atoms with van der Waals surface area (Å²) in [5.74, 6) is -0.111. The molecule has 106 valence electrons. The van der Waals surface area contributed by atoms with Gasteiger partial charge < -0.3 is 19.3 Å². The van der Waals surface area contributed by atoms with Gasteiger partial charge >= 0.3 is 0 Å². The quantitative estimate of drug-likeness (QED) is 0.867. The van der Waals surface area contributed by atoms with Crippen molar-refractivity contribution in [1.29, 1.82) is 0 Å². The molecule has 0 radical (unpaired) electrons. The second-order valence-electron chi connectivity index (χ2n) is 5.02. The molecular formula is C15H17NO4. The average molecular weight is 275 g/mol. The van der Waals surface area contributed by atoms with E-state index in [-0.39, 0.29) is 0 Å². The number of nitrogens with zero attached hydrogens (tertiary/aromatic N) is 1. The fourth-order valence-corrected chi connectivity index (χ4v) is 2.50. The first kappa shape index (κ1) is 13.1. The number of fused-ring (bicyclic) bond motifs is 2. The lowest BCUT2D eigenvalue weighted by atomic mass is 10.0. The summed E-state index contributed by atoms with van der Waals surface area (Å²) in [7, 11) is 3.08. The van der Waals surface area contributed by atoms with Gasteiger partial charge in [0.05, 0.1) is 18.2 Å². The molecule has 1 N–H and O–H groups in total. The van der Waals surface area contributed by atoms with E-state index >= 15 is 0 Å². The van der Waals surface area contributed by atoms with Crippen molar-refractivity contribution in [1.82, 2.24) is 4.98 Å². The Morgan fingerprint density at radius 1 is 1.35 bits per heavy atom. The number of hydrogen-bond donors (Lipinski definition) is 1. The largest absolute Gasteiger partial charge is 0.496 e. The Balaban J connectivity index is 2.12. The van der Waals surface area contributed by atoms with E-state index in [1.54, 1.807) is 14.0 Å². The Labute approximate surface area is 117 Å². The molecule has 2 unspecified atom stereocenters. The van der Waals surface area contributed by atoms with Crippen LogP contribution in [0.3, 0.4) is 0 Å². The summed E-state index contributed by atoms with van der Waals surface area (Å²) in [5, 5.41) is 11.1. The van der Waals surface area contributed by atoms with Gasteiger partial charge in [0.2, 0.25) is 11.7 Å². The molecule has 2 heterocycles. The van der Waals surface area contributed by atoms with Crippen molar-refractivity contribution < 1.29 is 19.3 Å². The Morgan fingerprint density at radius 2 is 2.10 bits per heavy atom. The van der Waals surface area contributed by atoms with E-state index < -0.39 is 11.9 Å². The molecule has 0 aliphatic carbocycles. The van der Waals surface area contributed by atoms with Crippen molar-refractivity contribution >= 4 is 10.9 Å². The number of benzene rings is 1. The highest BCUT2D eigenvalue weighted by Gasteiger charge is 2.41. The van der Waals surface area contributed by atoms with Crippen molar-refractivity contribution in [2.24, 2.45) is 0 Å². The summed E-state index contributed by atoms with van der Waals surface area (Å²) in [6.07, 6.45) is -0.00214. The molecule has 3 rings (SSSR count). The van der Waals surface area contributed by atoms with Crippen LogP contribution in [0.1, 0.15) is 12.5 Å². The Morgan fingerprint density at radius 3 is 2.80 bits per heavy atom. The van der Waals surface area contributed by atoms with Crippen LogP contribution in [-0.2, 0) is 11.2 Å². The first-order chi connectivity index (χ1) is 9.56.